The average molecular weight is 305 g/mol. The van der Waals surface area contributed by atoms with Crippen molar-refractivity contribution >= 4 is 17.3 Å². The van der Waals surface area contributed by atoms with E-state index in [9.17, 15) is 4.39 Å². The van der Waals surface area contributed by atoms with E-state index in [2.05, 4.69) is 20.6 Å². The molecule has 2 aromatic carbocycles. The fourth-order valence-electron chi connectivity index (χ4n) is 2.29. The van der Waals surface area contributed by atoms with Crippen LogP contribution in [-0.2, 0) is 0 Å². The van der Waals surface area contributed by atoms with Gasteiger partial charge >= 0.3 is 0 Å². The van der Waals surface area contributed by atoms with Gasteiger partial charge < -0.3 is 5.32 Å². The van der Waals surface area contributed by atoms with Gasteiger partial charge in [-0.3, -0.25) is 0 Å². The minimum absolute atomic E-state index is 0.273. The number of hydrogen-bond donors (Lipinski definition) is 1. The highest BCUT2D eigenvalue weighted by Crippen LogP contribution is 2.20. The molecular formula is C17H12FN5. The maximum Gasteiger partial charge on any atom is 0.250 e. The lowest BCUT2D eigenvalue weighted by Gasteiger charge is -2.05. The van der Waals surface area contributed by atoms with E-state index < -0.39 is 0 Å². The van der Waals surface area contributed by atoms with Crippen LogP contribution in [0.1, 0.15) is 0 Å². The quantitative estimate of drug-likeness (QED) is 0.627. The molecule has 2 heterocycles. The number of para-hydroxylation sites is 1. The Morgan fingerprint density at radius 3 is 2.39 bits per heavy atom. The lowest BCUT2D eigenvalue weighted by atomic mass is 10.1. The summed E-state index contributed by atoms with van der Waals surface area (Å²) in [7, 11) is 0. The molecule has 2 aromatic heterocycles. The number of aromatic nitrogens is 4. The fraction of sp³-hybridized carbons (Fsp3) is 0. The summed E-state index contributed by atoms with van der Waals surface area (Å²) in [5.74, 6) is 0.251. The summed E-state index contributed by atoms with van der Waals surface area (Å²) in [6.07, 6.45) is 0. The van der Waals surface area contributed by atoms with Crippen LogP contribution < -0.4 is 5.32 Å². The molecule has 0 fully saturated rings. The highest BCUT2D eigenvalue weighted by atomic mass is 19.1. The smallest absolute Gasteiger partial charge is 0.250 e. The number of nitrogens with one attached hydrogen (secondary N) is 1. The topological polar surface area (TPSA) is 55.1 Å². The Labute approximate surface area is 131 Å². The molecule has 0 saturated heterocycles. The lowest BCUT2D eigenvalue weighted by molar-refractivity contribution is 0.628. The third-order valence-corrected chi connectivity index (χ3v) is 3.43. The number of halogens is 1. The molecule has 0 aliphatic carbocycles. The molecule has 0 radical (unpaired) electrons. The first-order valence-electron chi connectivity index (χ1n) is 7.10. The predicted octanol–water partition coefficient (Wildman–Crippen LogP) is 3.67. The number of hydrogen-bond acceptors (Lipinski definition) is 4. The lowest BCUT2D eigenvalue weighted by Crippen LogP contribution is -2.00. The van der Waals surface area contributed by atoms with Gasteiger partial charge in [-0.2, -0.15) is 9.61 Å². The first kappa shape index (κ1) is 13.4. The van der Waals surface area contributed by atoms with Crippen LogP contribution in [0.3, 0.4) is 0 Å². The molecule has 0 amide bonds. The molecule has 0 bridgehead atoms. The van der Waals surface area contributed by atoms with Crippen molar-refractivity contribution in [2.45, 2.75) is 0 Å². The van der Waals surface area contributed by atoms with Crippen molar-refractivity contribution in [3.05, 3.63) is 72.5 Å². The summed E-state index contributed by atoms with van der Waals surface area (Å²) in [6, 6.07) is 19.6. The van der Waals surface area contributed by atoms with E-state index in [-0.39, 0.29) is 5.82 Å². The Kier molecular flexibility index (Phi) is 3.20. The largest absolute Gasteiger partial charge is 0.323 e. The van der Waals surface area contributed by atoms with Gasteiger partial charge in [-0.15, -0.1) is 10.2 Å². The molecule has 0 spiro atoms. The van der Waals surface area contributed by atoms with Crippen LogP contribution in [0.2, 0.25) is 0 Å². The minimum Gasteiger partial charge on any atom is -0.323 e. The van der Waals surface area contributed by atoms with Gasteiger partial charge in [0.2, 0.25) is 5.95 Å². The standard InChI is InChI=1S/C17H12FN5/c18-13-8-6-12(7-9-13)15-10-11-16-20-21-17(23(16)22-15)19-14-4-2-1-3-5-14/h1-11H,(H,19,21). The van der Waals surface area contributed by atoms with Crippen LogP contribution in [0.5, 0.6) is 0 Å². The van der Waals surface area contributed by atoms with Crippen molar-refractivity contribution in [1.29, 1.82) is 0 Å². The zero-order valence-electron chi connectivity index (χ0n) is 12.0. The van der Waals surface area contributed by atoms with Gasteiger partial charge in [-0.1, -0.05) is 18.2 Å². The fourth-order valence-corrected chi connectivity index (χ4v) is 2.29. The van der Waals surface area contributed by atoms with Gasteiger partial charge in [0.05, 0.1) is 5.69 Å². The zero-order chi connectivity index (χ0) is 15.6. The number of anilines is 2. The van der Waals surface area contributed by atoms with E-state index in [4.69, 9.17) is 0 Å². The van der Waals surface area contributed by atoms with Crippen molar-refractivity contribution in [3.63, 3.8) is 0 Å². The average Bonchev–Trinajstić information content (AvgIpc) is 2.99. The second-order valence-electron chi connectivity index (χ2n) is 5.01. The van der Waals surface area contributed by atoms with E-state index >= 15 is 0 Å². The molecule has 0 aliphatic rings. The number of nitrogens with zero attached hydrogens (tertiary/aromatic N) is 4. The summed E-state index contributed by atoms with van der Waals surface area (Å²) >= 11 is 0. The Bertz CT molecular complexity index is 948. The van der Waals surface area contributed by atoms with E-state index in [1.54, 1.807) is 16.6 Å². The highest BCUT2D eigenvalue weighted by Gasteiger charge is 2.09. The number of benzene rings is 2. The van der Waals surface area contributed by atoms with Crippen molar-refractivity contribution in [2.75, 3.05) is 5.32 Å². The van der Waals surface area contributed by atoms with Gasteiger partial charge in [0, 0.05) is 11.3 Å². The third-order valence-electron chi connectivity index (χ3n) is 3.43. The molecule has 4 rings (SSSR count). The molecule has 0 aliphatic heterocycles. The first-order valence-corrected chi connectivity index (χ1v) is 7.10. The van der Waals surface area contributed by atoms with E-state index in [0.29, 0.717) is 17.3 Å². The van der Waals surface area contributed by atoms with E-state index in [1.165, 1.54) is 12.1 Å². The summed E-state index contributed by atoms with van der Waals surface area (Å²) in [6.45, 7) is 0. The van der Waals surface area contributed by atoms with Crippen molar-refractivity contribution in [1.82, 2.24) is 19.8 Å². The minimum atomic E-state index is -0.273. The van der Waals surface area contributed by atoms with Gasteiger partial charge in [-0.05, 0) is 48.5 Å². The Hall–Kier alpha value is -3.28. The summed E-state index contributed by atoms with van der Waals surface area (Å²) in [5.41, 5.74) is 3.08. The Morgan fingerprint density at radius 2 is 1.61 bits per heavy atom. The molecule has 23 heavy (non-hydrogen) atoms. The molecule has 0 atom stereocenters. The summed E-state index contributed by atoms with van der Waals surface area (Å²) in [5, 5.41) is 15.9. The molecular weight excluding hydrogens is 293 g/mol. The van der Waals surface area contributed by atoms with Gasteiger partial charge in [0.25, 0.3) is 0 Å². The predicted molar refractivity (Wildman–Crippen MR) is 85.9 cm³/mol. The van der Waals surface area contributed by atoms with Crippen LogP contribution in [0.15, 0.2) is 66.7 Å². The summed E-state index contributed by atoms with van der Waals surface area (Å²) < 4.78 is 14.7. The normalized spacial score (nSPS) is 10.8. The van der Waals surface area contributed by atoms with Crippen molar-refractivity contribution < 1.29 is 4.39 Å². The number of fused-ring (bicyclic) bond motifs is 1. The Balaban J connectivity index is 1.75. The SMILES string of the molecule is Fc1ccc(-c2ccc3nnc(Nc4ccccc4)n3n2)cc1. The number of rotatable bonds is 3. The second-order valence-corrected chi connectivity index (χ2v) is 5.01. The monoisotopic (exact) mass is 305 g/mol. The van der Waals surface area contributed by atoms with Crippen molar-refractivity contribution in [2.24, 2.45) is 0 Å². The second kappa shape index (κ2) is 5.49. The van der Waals surface area contributed by atoms with Crippen LogP contribution in [-0.4, -0.2) is 19.8 Å². The molecule has 1 N–H and O–H groups in total. The van der Waals surface area contributed by atoms with Crippen LogP contribution in [0.25, 0.3) is 16.9 Å². The molecule has 0 saturated carbocycles. The molecule has 6 heteroatoms. The van der Waals surface area contributed by atoms with Gasteiger partial charge in [0.15, 0.2) is 5.65 Å². The molecule has 0 unspecified atom stereocenters. The maximum atomic E-state index is 13.1. The van der Waals surface area contributed by atoms with Gasteiger partial charge in [0.1, 0.15) is 5.82 Å². The third kappa shape index (κ3) is 2.62. The summed E-state index contributed by atoms with van der Waals surface area (Å²) in [4.78, 5) is 0. The zero-order valence-corrected chi connectivity index (χ0v) is 12.0. The van der Waals surface area contributed by atoms with Crippen molar-refractivity contribution in [3.8, 4) is 11.3 Å². The van der Waals surface area contributed by atoms with Gasteiger partial charge in [-0.25, -0.2) is 4.39 Å². The van der Waals surface area contributed by atoms with Crippen LogP contribution in [0.4, 0.5) is 16.0 Å². The van der Waals surface area contributed by atoms with E-state index in [1.807, 2.05) is 42.5 Å². The highest BCUT2D eigenvalue weighted by molar-refractivity contribution is 5.62. The first-order chi connectivity index (χ1) is 11.3. The van der Waals surface area contributed by atoms with Crippen LogP contribution >= 0.6 is 0 Å². The van der Waals surface area contributed by atoms with E-state index in [0.717, 1.165) is 11.3 Å². The maximum absolute atomic E-state index is 13.1. The Morgan fingerprint density at radius 1 is 0.826 bits per heavy atom. The molecule has 5 nitrogen and oxygen atoms in total. The van der Waals surface area contributed by atoms with Crippen LogP contribution in [0, 0.1) is 5.82 Å². The molecule has 112 valence electrons. The molecule has 4 aromatic rings.